The molecule has 0 radical (unpaired) electrons. The summed E-state index contributed by atoms with van der Waals surface area (Å²) in [5.41, 5.74) is 4.00. The lowest BCUT2D eigenvalue weighted by molar-refractivity contribution is 0.0920. The Balaban J connectivity index is 2.03. The van der Waals surface area contributed by atoms with Crippen molar-refractivity contribution in [1.82, 2.24) is 15.1 Å². The van der Waals surface area contributed by atoms with Crippen LogP contribution in [0.3, 0.4) is 0 Å². The van der Waals surface area contributed by atoms with Crippen LogP contribution in [-0.4, -0.2) is 21.2 Å². The maximum Gasteiger partial charge on any atom is 0.252 e. The van der Waals surface area contributed by atoms with Gasteiger partial charge < -0.3 is 5.32 Å². The third kappa shape index (κ3) is 3.79. The zero-order valence-electron chi connectivity index (χ0n) is 15.1. The van der Waals surface area contributed by atoms with Crippen LogP contribution in [-0.2, 0) is 0 Å². The molecular weight excluding hydrogens is 310 g/mol. The van der Waals surface area contributed by atoms with Gasteiger partial charge >= 0.3 is 0 Å². The Morgan fingerprint density at radius 3 is 2.32 bits per heavy atom. The number of para-hydroxylation sites is 1. The van der Waals surface area contributed by atoms with Gasteiger partial charge in [0.15, 0.2) is 0 Å². The van der Waals surface area contributed by atoms with Crippen molar-refractivity contribution in [2.24, 2.45) is 0 Å². The van der Waals surface area contributed by atoms with Gasteiger partial charge in [0.1, 0.15) is 0 Å². The first-order chi connectivity index (χ1) is 11.8. The molecule has 0 aliphatic heterocycles. The van der Waals surface area contributed by atoms with Gasteiger partial charge in [0.2, 0.25) is 0 Å². The van der Waals surface area contributed by atoms with Crippen LogP contribution < -0.4 is 5.32 Å². The van der Waals surface area contributed by atoms with E-state index in [2.05, 4.69) is 5.32 Å². The van der Waals surface area contributed by atoms with Gasteiger partial charge in [-0.3, -0.25) is 4.79 Å². The van der Waals surface area contributed by atoms with Gasteiger partial charge in [-0.25, -0.2) is 4.68 Å². The van der Waals surface area contributed by atoms with E-state index in [1.54, 1.807) is 0 Å². The van der Waals surface area contributed by atoms with Crippen molar-refractivity contribution < 1.29 is 4.79 Å². The van der Waals surface area contributed by atoms with Gasteiger partial charge in [0, 0.05) is 22.4 Å². The molecule has 128 valence electrons. The number of hydrogen-bond acceptors (Lipinski definition) is 2. The fourth-order valence-corrected chi connectivity index (χ4v) is 2.75. The molecule has 1 aromatic heterocycles. The molecule has 1 amide bonds. The Bertz CT molecular complexity index is 889. The lowest BCUT2D eigenvalue weighted by atomic mass is 10.0. The molecule has 0 aliphatic carbocycles. The van der Waals surface area contributed by atoms with Gasteiger partial charge in [-0.2, -0.15) is 5.10 Å². The number of carbonyl (C=O) groups excluding carboxylic acids is 1. The largest absolute Gasteiger partial charge is 0.347 e. The standard InChI is InChI=1S/C21H23N3O/c1-15-14-19(23-24(15)16-10-6-5-7-11-16)17-12-8-9-13-18(17)20(25)22-21(2,3)4/h5-14H,1-4H3,(H,22,25). The van der Waals surface area contributed by atoms with Crippen molar-refractivity contribution in [3.8, 4) is 16.9 Å². The Kier molecular flexibility index (Phi) is 4.45. The highest BCUT2D eigenvalue weighted by Gasteiger charge is 2.20. The summed E-state index contributed by atoms with van der Waals surface area (Å²) in [4.78, 5) is 12.7. The predicted octanol–water partition coefficient (Wildman–Crippen LogP) is 4.38. The third-order valence-electron chi connectivity index (χ3n) is 3.82. The summed E-state index contributed by atoms with van der Waals surface area (Å²) in [5, 5.41) is 7.75. The normalized spacial score (nSPS) is 11.4. The highest BCUT2D eigenvalue weighted by molar-refractivity contribution is 6.00. The molecule has 0 fully saturated rings. The highest BCUT2D eigenvalue weighted by Crippen LogP contribution is 2.25. The average molecular weight is 333 g/mol. The number of carbonyl (C=O) groups is 1. The molecule has 0 saturated carbocycles. The highest BCUT2D eigenvalue weighted by atomic mass is 16.1. The maximum atomic E-state index is 12.7. The molecule has 0 unspecified atom stereocenters. The van der Waals surface area contributed by atoms with Crippen molar-refractivity contribution in [1.29, 1.82) is 0 Å². The molecule has 1 heterocycles. The van der Waals surface area contributed by atoms with Crippen molar-refractivity contribution in [3.63, 3.8) is 0 Å². The Morgan fingerprint density at radius 1 is 1.00 bits per heavy atom. The Hall–Kier alpha value is -2.88. The molecule has 4 heteroatoms. The fourth-order valence-electron chi connectivity index (χ4n) is 2.75. The number of rotatable bonds is 3. The topological polar surface area (TPSA) is 46.9 Å². The number of hydrogen-bond donors (Lipinski definition) is 1. The Morgan fingerprint density at radius 2 is 1.64 bits per heavy atom. The minimum absolute atomic E-state index is 0.0879. The van der Waals surface area contributed by atoms with Gasteiger partial charge in [-0.1, -0.05) is 36.4 Å². The predicted molar refractivity (Wildman–Crippen MR) is 101 cm³/mol. The van der Waals surface area contributed by atoms with Gasteiger partial charge in [-0.15, -0.1) is 0 Å². The molecule has 4 nitrogen and oxygen atoms in total. The van der Waals surface area contributed by atoms with Gasteiger partial charge in [0.25, 0.3) is 5.91 Å². The van der Waals surface area contributed by atoms with E-state index in [-0.39, 0.29) is 11.4 Å². The summed E-state index contributed by atoms with van der Waals surface area (Å²) in [6, 6.07) is 19.6. The first kappa shape index (κ1) is 17.0. The Labute approximate surface area is 148 Å². The average Bonchev–Trinajstić information content (AvgIpc) is 2.96. The maximum absolute atomic E-state index is 12.7. The van der Waals surface area contributed by atoms with E-state index in [4.69, 9.17) is 5.10 Å². The lowest BCUT2D eigenvalue weighted by Gasteiger charge is -2.21. The second kappa shape index (κ2) is 6.55. The molecule has 0 atom stereocenters. The molecule has 3 aromatic rings. The van der Waals surface area contributed by atoms with Crippen molar-refractivity contribution in [2.75, 3.05) is 0 Å². The molecule has 3 rings (SSSR count). The summed E-state index contributed by atoms with van der Waals surface area (Å²) in [6.07, 6.45) is 0. The quantitative estimate of drug-likeness (QED) is 0.773. The first-order valence-electron chi connectivity index (χ1n) is 8.39. The molecule has 0 spiro atoms. The second-order valence-electron chi connectivity index (χ2n) is 7.17. The van der Waals surface area contributed by atoms with Crippen LogP contribution in [0.1, 0.15) is 36.8 Å². The summed E-state index contributed by atoms with van der Waals surface area (Å²) in [5.74, 6) is -0.0879. The van der Waals surface area contributed by atoms with Crippen LogP contribution in [0.25, 0.3) is 16.9 Å². The zero-order chi connectivity index (χ0) is 18.0. The smallest absolute Gasteiger partial charge is 0.252 e. The molecule has 0 saturated heterocycles. The molecule has 1 N–H and O–H groups in total. The van der Waals surface area contributed by atoms with Crippen molar-refractivity contribution in [3.05, 3.63) is 71.9 Å². The van der Waals surface area contributed by atoms with Crippen LogP contribution in [0, 0.1) is 6.92 Å². The van der Waals surface area contributed by atoms with Gasteiger partial charge in [-0.05, 0) is 52.0 Å². The number of benzene rings is 2. The number of nitrogens with one attached hydrogen (secondary N) is 1. The van der Waals surface area contributed by atoms with E-state index >= 15 is 0 Å². The van der Waals surface area contributed by atoms with E-state index in [1.807, 2.05) is 93.0 Å². The minimum atomic E-state index is -0.288. The number of aromatic nitrogens is 2. The number of nitrogens with zero attached hydrogens (tertiary/aromatic N) is 2. The summed E-state index contributed by atoms with van der Waals surface area (Å²) < 4.78 is 1.90. The van der Waals surface area contributed by atoms with E-state index in [0.29, 0.717) is 5.56 Å². The molecule has 0 aliphatic rings. The van der Waals surface area contributed by atoms with Crippen LogP contribution in [0.5, 0.6) is 0 Å². The van der Waals surface area contributed by atoms with Crippen LogP contribution in [0.15, 0.2) is 60.7 Å². The first-order valence-corrected chi connectivity index (χ1v) is 8.39. The number of amides is 1. The minimum Gasteiger partial charge on any atom is -0.347 e. The zero-order valence-corrected chi connectivity index (χ0v) is 15.1. The molecule has 25 heavy (non-hydrogen) atoms. The van der Waals surface area contributed by atoms with Crippen molar-refractivity contribution in [2.45, 2.75) is 33.2 Å². The van der Waals surface area contributed by atoms with E-state index in [1.165, 1.54) is 0 Å². The van der Waals surface area contributed by atoms with Crippen LogP contribution >= 0.6 is 0 Å². The van der Waals surface area contributed by atoms with Gasteiger partial charge in [0.05, 0.1) is 11.4 Å². The van der Waals surface area contributed by atoms with Crippen LogP contribution in [0.2, 0.25) is 0 Å². The number of aryl methyl sites for hydroxylation is 1. The SMILES string of the molecule is Cc1cc(-c2ccccc2C(=O)NC(C)(C)C)nn1-c1ccccc1. The summed E-state index contributed by atoms with van der Waals surface area (Å²) in [6.45, 7) is 7.94. The second-order valence-corrected chi connectivity index (χ2v) is 7.17. The third-order valence-corrected chi connectivity index (χ3v) is 3.82. The lowest BCUT2D eigenvalue weighted by Crippen LogP contribution is -2.40. The van der Waals surface area contributed by atoms with Crippen LogP contribution in [0.4, 0.5) is 0 Å². The van der Waals surface area contributed by atoms with E-state index in [9.17, 15) is 4.79 Å². The van der Waals surface area contributed by atoms with E-state index in [0.717, 1.165) is 22.6 Å². The fraction of sp³-hybridized carbons (Fsp3) is 0.238. The van der Waals surface area contributed by atoms with E-state index < -0.39 is 0 Å². The summed E-state index contributed by atoms with van der Waals surface area (Å²) in [7, 11) is 0. The van der Waals surface area contributed by atoms with Crippen molar-refractivity contribution >= 4 is 5.91 Å². The molecular formula is C21H23N3O. The summed E-state index contributed by atoms with van der Waals surface area (Å²) >= 11 is 0. The monoisotopic (exact) mass is 333 g/mol. The molecule has 0 bridgehead atoms. The molecule has 2 aromatic carbocycles.